The van der Waals surface area contributed by atoms with Gasteiger partial charge in [-0.1, -0.05) is 30.3 Å². The van der Waals surface area contributed by atoms with Crippen molar-refractivity contribution >= 4 is 11.7 Å². The van der Waals surface area contributed by atoms with Gasteiger partial charge in [-0.15, -0.1) is 0 Å². The molecule has 4 rings (SSSR count). The predicted octanol–water partition coefficient (Wildman–Crippen LogP) is 2.95. The quantitative estimate of drug-likeness (QED) is 0.806. The highest BCUT2D eigenvalue weighted by Crippen LogP contribution is 2.31. The van der Waals surface area contributed by atoms with E-state index >= 15 is 0 Å². The van der Waals surface area contributed by atoms with Gasteiger partial charge in [0.15, 0.2) is 17.7 Å². The third-order valence-electron chi connectivity index (χ3n) is 3.90. The Bertz CT molecular complexity index is 892. The Labute approximate surface area is 137 Å². The van der Waals surface area contributed by atoms with Gasteiger partial charge in [0.25, 0.3) is 5.91 Å². The second-order valence-electron chi connectivity index (χ2n) is 5.49. The maximum Gasteiger partial charge on any atom is 0.266 e. The Balaban J connectivity index is 1.53. The van der Waals surface area contributed by atoms with E-state index in [0.717, 1.165) is 5.69 Å². The van der Waals surface area contributed by atoms with Crippen molar-refractivity contribution in [2.45, 2.75) is 12.5 Å². The number of nitrogens with zero attached hydrogens (tertiary/aromatic N) is 2. The van der Waals surface area contributed by atoms with E-state index in [1.807, 2.05) is 30.3 Å². The van der Waals surface area contributed by atoms with Crippen molar-refractivity contribution in [3.8, 4) is 11.4 Å². The van der Waals surface area contributed by atoms with Crippen LogP contribution in [0.5, 0.6) is 5.75 Å². The highest BCUT2D eigenvalue weighted by molar-refractivity contribution is 5.94. The third-order valence-corrected chi connectivity index (χ3v) is 3.90. The van der Waals surface area contributed by atoms with Crippen molar-refractivity contribution in [3.63, 3.8) is 0 Å². The molecule has 0 fully saturated rings. The number of nitrogens with one attached hydrogen (secondary N) is 1. The SMILES string of the molecule is O=C(Nc1ccnn1-c1ccccc1)[C@@H]1Cc2cccc(F)c2O1. The molecule has 24 heavy (non-hydrogen) atoms. The molecule has 3 aromatic rings. The lowest BCUT2D eigenvalue weighted by molar-refractivity contribution is -0.122. The summed E-state index contributed by atoms with van der Waals surface area (Å²) >= 11 is 0. The fourth-order valence-electron chi connectivity index (χ4n) is 2.76. The molecule has 2 heterocycles. The lowest BCUT2D eigenvalue weighted by Crippen LogP contribution is -2.32. The first-order valence-electron chi connectivity index (χ1n) is 7.57. The minimum Gasteiger partial charge on any atom is -0.477 e. The molecule has 5 nitrogen and oxygen atoms in total. The van der Waals surface area contributed by atoms with Gasteiger partial charge in [-0.05, 0) is 18.2 Å². The number of carbonyl (C=O) groups excluding carboxylic acids is 1. The van der Waals surface area contributed by atoms with Crippen molar-refractivity contribution in [1.82, 2.24) is 9.78 Å². The van der Waals surface area contributed by atoms with Crippen LogP contribution in [-0.4, -0.2) is 21.8 Å². The van der Waals surface area contributed by atoms with Crippen LogP contribution in [0.15, 0.2) is 60.8 Å². The number of hydrogen-bond acceptors (Lipinski definition) is 3. The largest absolute Gasteiger partial charge is 0.477 e. The lowest BCUT2D eigenvalue weighted by atomic mass is 10.1. The molecule has 0 radical (unpaired) electrons. The standard InChI is InChI=1S/C18H14FN3O2/c19-14-8-4-5-12-11-15(24-17(12)14)18(23)21-16-9-10-20-22(16)13-6-2-1-3-7-13/h1-10,15H,11H2,(H,21,23)/t15-/m0/s1. The molecule has 2 aromatic carbocycles. The number of rotatable bonds is 3. The van der Waals surface area contributed by atoms with E-state index in [4.69, 9.17) is 4.74 Å². The average Bonchev–Trinajstić information content (AvgIpc) is 3.23. The zero-order valence-corrected chi connectivity index (χ0v) is 12.6. The molecule has 1 aliphatic rings. The fraction of sp³-hybridized carbons (Fsp3) is 0.111. The second-order valence-corrected chi connectivity index (χ2v) is 5.49. The van der Waals surface area contributed by atoms with Crippen molar-refractivity contribution in [1.29, 1.82) is 0 Å². The number of aromatic nitrogens is 2. The van der Waals surface area contributed by atoms with Gasteiger partial charge in [-0.2, -0.15) is 5.10 Å². The van der Waals surface area contributed by atoms with E-state index < -0.39 is 11.9 Å². The summed E-state index contributed by atoms with van der Waals surface area (Å²) in [5.41, 5.74) is 1.53. The maximum atomic E-state index is 13.7. The first-order chi connectivity index (χ1) is 11.7. The van der Waals surface area contributed by atoms with Crippen LogP contribution in [0.4, 0.5) is 10.2 Å². The molecule has 0 spiro atoms. The molecule has 1 aromatic heterocycles. The number of para-hydroxylation sites is 2. The molecule has 0 aliphatic carbocycles. The van der Waals surface area contributed by atoms with Crippen LogP contribution in [0.25, 0.3) is 5.69 Å². The summed E-state index contributed by atoms with van der Waals surface area (Å²) in [6, 6.07) is 15.9. The van der Waals surface area contributed by atoms with Gasteiger partial charge >= 0.3 is 0 Å². The molecule has 0 saturated heterocycles. The molecule has 1 N–H and O–H groups in total. The zero-order valence-electron chi connectivity index (χ0n) is 12.6. The Kier molecular flexibility index (Phi) is 3.49. The normalized spacial score (nSPS) is 15.6. The molecule has 0 unspecified atom stereocenters. The van der Waals surface area contributed by atoms with Crippen molar-refractivity contribution < 1.29 is 13.9 Å². The van der Waals surface area contributed by atoms with E-state index in [2.05, 4.69) is 10.4 Å². The molecular weight excluding hydrogens is 309 g/mol. The summed E-state index contributed by atoms with van der Waals surface area (Å²) in [5, 5.41) is 7.02. The molecule has 1 atom stereocenters. The molecular formula is C18H14FN3O2. The number of fused-ring (bicyclic) bond motifs is 1. The zero-order chi connectivity index (χ0) is 16.5. The van der Waals surface area contributed by atoms with Crippen LogP contribution in [0.1, 0.15) is 5.56 Å². The van der Waals surface area contributed by atoms with Crippen LogP contribution >= 0.6 is 0 Å². The Morgan fingerprint density at radius 2 is 2.00 bits per heavy atom. The monoisotopic (exact) mass is 323 g/mol. The Morgan fingerprint density at radius 3 is 2.79 bits per heavy atom. The topological polar surface area (TPSA) is 56.2 Å². The number of anilines is 1. The second kappa shape index (κ2) is 5.81. The molecule has 0 saturated carbocycles. The molecule has 6 heteroatoms. The van der Waals surface area contributed by atoms with Gasteiger partial charge in [0.1, 0.15) is 5.82 Å². The minimum absolute atomic E-state index is 0.161. The number of amides is 1. The van der Waals surface area contributed by atoms with Crippen LogP contribution in [0.3, 0.4) is 0 Å². The summed E-state index contributed by atoms with van der Waals surface area (Å²) in [7, 11) is 0. The van der Waals surface area contributed by atoms with E-state index in [9.17, 15) is 9.18 Å². The van der Waals surface area contributed by atoms with Gasteiger partial charge in [0.05, 0.1) is 11.9 Å². The molecule has 120 valence electrons. The molecule has 1 amide bonds. The van der Waals surface area contributed by atoms with Crippen molar-refractivity contribution in [2.24, 2.45) is 0 Å². The van der Waals surface area contributed by atoms with E-state index in [1.165, 1.54) is 6.07 Å². The number of benzene rings is 2. The van der Waals surface area contributed by atoms with Crippen LogP contribution in [0, 0.1) is 5.82 Å². The molecule has 1 aliphatic heterocycles. The summed E-state index contributed by atoms with van der Waals surface area (Å²) in [5.74, 6) is -0.0825. The van der Waals surface area contributed by atoms with Gasteiger partial charge in [0, 0.05) is 18.1 Å². The van der Waals surface area contributed by atoms with Crippen LogP contribution in [-0.2, 0) is 11.2 Å². The summed E-state index contributed by atoms with van der Waals surface area (Å²) in [6.45, 7) is 0. The number of halogens is 1. The maximum absolute atomic E-state index is 13.7. The molecule has 0 bridgehead atoms. The Hall–Kier alpha value is -3.15. The first kappa shape index (κ1) is 14.4. The van der Waals surface area contributed by atoms with Crippen molar-refractivity contribution in [3.05, 3.63) is 72.2 Å². The average molecular weight is 323 g/mol. The highest BCUT2D eigenvalue weighted by Gasteiger charge is 2.31. The number of hydrogen-bond donors (Lipinski definition) is 1. The smallest absolute Gasteiger partial charge is 0.266 e. The summed E-state index contributed by atoms with van der Waals surface area (Å²) < 4.78 is 20.8. The van der Waals surface area contributed by atoms with E-state index in [0.29, 0.717) is 17.8 Å². The first-order valence-corrected chi connectivity index (χ1v) is 7.57. The summed E-state index contributed by atoms with van der Waals surface area (Å²) in [4.78, 5) is 12.5. The van der Waals surface area contributed by atoms with E-state index in [1.54, 1.807) is 29.1 Å². The highest BCUT2D eigenvalue weighted by atomic mass is 19.1. The van der Waals surface area contributed by atoms with Gasteiger partial charge in [0.2, 0.25) is 0 Å². The lowest BCUT2D eigenvalue weighted by Gasteiger charge is -2.13. The van der Waals surface area contributed by atoms with Gasteiger partial charge in [-0.3, -0.25) is 4.79 Å². The van der Waals surface area contributed by atoms with Crippen molar-refractivity contribution in [2.75, 3.05) is 5.32 Å². The Morgan fingerprint density at radius 1 is 1.17 bits per heavy atom. The minimum atomic E-state index is -0.754. The fourth-order valence-corrected chi connectivity index (χ4v) is 2.76. The van der Waals surface area contributed by atoms with Crippen LogP contribution < -0.4 is 10.1 Å². The van der Waals surface area contributed by atoms with Gasteiger partial charge in [-0.25, -0.2) is 9.07 Å². The van der Waals surface area contributed by atoms with Crippen LogP contribution in [0.2, 0.25) is 0 Å². The summed E-state index contributed by atoms with van der Waals surface area (Å²) in [6.07, 6.45) is 1.20. The van der Waals surface area contributed by atoms with E-state index in [-0.39, 0.29) is 11.7 Å². The number of carbonyl (C=O) groups is 1. The number of ether oxygens (including phenoxy) is 1. The van der Waals surface area contributed by atoms with Gasteiger partial charge < -0.3 is 10.1 Å². The predicted molar refractivity (Wildman–Crippen MR) is 86.7 cm³/mol. The third kappa shape index (κ3) is 2.52.